The summed E-state index contributed by atoms with van der Waals surface area (Å²) in [6.45, 7) is 5.52. The van der Waals surface area contributed by atoms with Crippen LogP contribution in [0.15, 0.2) is 55.1 Å². The van der Waals surface area contributed by atoms with Crippen molar-refractivity contribution in [1.29, 1.82) is 0 Å². The predicted octanol–water partition coefficient (Wildman–Crippen LogP) is 4.63. The van der Waals surface area contributed by atoms with Gasteiger partial charge in [0.2, 0.25) is 0 Å². The lowest BCUT2D eigenvalue weighted by molar-refractivity contribution is 0.281. The van der Waals surface area contributed by atoms with Gasteiger partial charge in [-0.2, -0.15) is 0 Å². The second kappa shape index (κ2) is 10.2. The molecule has 0 unspecified atom stereocenters. The summed E-state index contributed by atoms with van der Waals surface area (Å²) in [5, 5.41) is 3.88. The molecule has 0 spiro atoms. The maximum absolute atomic E-state index is 6.15. The first-order valence-electron chi connectivity index (χ1n) is 7.09. The van der Waals surface area contributed by atoms with Crippen LogP contribution in [0.25, 0.3) is 0 Å². The normalized spacial score (nSPS) is 9.83. The van der Waals surface area contributed by atoms with Crippen LogP contribution in [0.4, 0.5) is 0 Å². The fourth-order valence-electron chi connectivity index (χ4n) is 2.11. The lowest BCUT2D eigenvalue weighted by atomic mass is 10.1. The van der Waals surface area contributed by atoms with Crippen molar-refractivity contribution in [2.75, 3.05) is 13.7 Å². The van der Waals surface area contributed by atoms with E-state index in [1.807, 2.05) is 42.5 Å². The molecule has 5 heteroatoms. The molecule has 1 N–H and O–H groups in total. The molecule has 2 aromatic rings. The molecule has 23 heavy (non-hydrogen) atoms. The van der Waals surface area contributed by atoms with Gasteiger partial charge in [0.05, 0.1) is 7.11 Å². The summed E-state index contributed by atoms with van der Waals surface area (Å²) < 4.78 is 11.4. The monoisotopic (exact) mass is 353 g/mol. The Kier molecular flexibility index (Phi) is 8.56. The topological polar surface area (TPSA) is 30.5 Å². The third-order valence-corrected chi connectivity index (χ3v) is 3.36. The van der Waals surface area contributed by atoms with Gasteiger partial charge in [0.1, 0.15) is 6.61 Å². The van der Waals surface area contributed by atoms with Gasteiger partial charge in [-0.1, -0.05) is 48.0 Å². The van der Waals surface area contributed by atoms with Gasteiger partial charge < -0.3 is 14.8 Å². The molecule has 2 rings (SSSR count). The minimum absolute atomic E-state index is 0. The average Bonchev–Trinajstić information content (AvgIpc) is 2.54. The summed E-state index contributed by atoms with van der Waals surface area (Å²) in [7, 11) is 1.61. The van der Waals surface area contributed by atoms with Gasteiger partial charge in [0.15, 0.2) is 11.5 Å². The Morgan fingerprint density at radius 1 is 1.22 bits per heavy atom. The van der Waals surface area contributed by atoms with Crippen LogP contribution in [0.3, 0.4) is 0 Å². The first kappa shape index (κ1) is 19.4. The average molecular weight is 354 g/mol. The quantitative estimate of drug-likeness (QED) is 0.554. The van der Waals surface area contributed by atoms with Crippen molar-refractivity contribution in [2.24, 2.45) is 0 Å². The van der Waals surface area contributed by atoms with E-state index in [1.54, 1.807) is 13.2 Å². The number of rotatable bonds is 8. The number of benzene rings is 2. The summed E-state index contributed by atoms with van der Waals surface area (Å²) in [5.41, 5.74) is 2.06. The summed E-state index contributed by atoms with van der Waals surface area (Å²) in [5.74, 6) is 1.35. The van der Waals surface area contributed by atoms with Crippen LogP contribution in [0, 0.1) is 0 Å². The Bertz CT molecular complexity index is 618. The zero-order chi connectivity index (χ0) is 15.8. The lowest BCUT2D eigenvalue weighted by Gasteiger charge is -2.16. The molecular weight excluding hydrogens is 333 g/mol. The van der Waals surface area contributed by atoms with Crippen molar-refractivity contribution >= 4 is 24.0 Å². The van der Waals surface area contributed by atoms with Crippen molar-refractivity contribution in [3.05, 3.63) is 71.3 Å². The maximum atomic E-state index is 6.15. The van der Waals surface area contributed by atoms with Crippen LogP contribution in [-0.4, -0.2) is 13.7 Å². The predicted molar refractivity (Wildman–Crippen MR) is 97.9 cm³/mol. The highest BCUT2D eigenvalue weighted by molar-refractivity contribution is 6.30. The number of halogens is 2. The van der Waals surface area contributed by atoms with Crippen LogP contribution >= 0.6 is 24.0 Å². The molecule has 0 fully saturated rings. The summed E-state index contributed by atoms with van der Waals surface area (Å²) >= 11 is 6.15. The molecule has 124 valence electrons. The number of methoxy groups -OCH3 is 1. The van der Waals surface area contributed by atoms with Gasteiger partial charge in [0.25, 0.3) is 0 Å². The summed E-state index contributed by atoms with van der Waals surface area (Å²) in [6.07, 6.45) is 1.81. The van der Waals surface area contributed by atoms with E-state index in [2.05, 4.69) is 11.9 Å². The smallest absolute Gasteiger partial charge is 0.166 e. The minimum Gasteiger partial charge on any atom is -0.493 e. The van der Waals surface area contributed by atoms with Gasteiger partial charge in [-0.25, -0.2) is 0 Å². The van der Waals surface area contributed by atoms with E-state index in [0.717, 1.165) is 11.1 Å². The molecule has 0 radical (unpaired) electrons. The molecule has 2 aromatic carbocycles. The molecule has 3 nitrogen and oxygen atoms in total. The minimum atomic E-state index is 0. The number of nitrogens with one attached hydrogen (secondary N) is 1. The van der Waals surface area contributed by atoms with E-state index < -0.39 is 0 Å². The molecule has 0 heterocycles. The first-order valence-corrected chi connectivity index (χ1v) is 7.47. The largest absolute Gasteiger partial charge is 0.493 e. The molecule has 0 aliphatic carbocycles. The number of ether oxygens (including phenoxy) is 2. The van der Waals surface area contributed by atoms with Crippen LogP contribution in [0.2, 0.25) is 5.02 Å². The molecular formula is C18H21Cl2NO2. The van der Waals surface area contributed by atoms with Crippen LogP contribution in [-0.2, 0) is 13.2 Å². The van der Waals surface area contributed by atoms with E-state index >= 15 is 0 Å². The highest BCUT2D eigenvalue weighted by Crippen LogP contribution is 2.35. The van der Waals surface area contributed by atoms with Gasteiger partial charge in [0, 0.05) is 29.7 Å². The van der Waals surface area contributed by atoms with Crippen LogP contribution in [0.1, 0.15) is 11.1 Å². The molecule has 0 aliphatic rings. The van der Waals surface area contributed by atoms with E-state index in [1.165, 1.54) is 0 Å². The van der Waals surface area contributed by atoms with Crippen molar-refractivity contribution in [2.45, 2.75) is 13.2 Å². The number of hydrogen-bond donors (Lipinski definition) is 1. The Morgan fingerprint density at radius 2 is 1.96 bits per heavy atom. The number of hydrogen-bond acceptors (Lipinski definition) is 3. The third-order valence-electron chi connectivity index (χ3n) is 3.15. The lowest BCUT2D eigenvalue weighted by Crippen LogP contribution is -2.14. The van der Waals surface area contributed by atoms with E-state index in [9.17, 15) is 0 Å². The first-order chi connectivity index (χ1) is 10.7. The molecule has 0 atom stereocenters. The van der Waals surface area contributed by atoms with E-state index in [4.69, 9.17) is 21.1 Å². The van der Waals surface area contributed by atoms with Crippen molar-refractivity contribution < 1.29 is 9.47 Å². The van der Waals surface area contributed by atoms with E-state index in [0.29, 0.717) is 36.2 Å². The van der Waals surface area contributed by atoms with Gasteiger partial charge in [-0.3, -0.25) is 0 Å². The van der Waals surface area contributed by atoms with E-state index in [-0.39, 0.29) is 12.4 Å². The Hall–Kier alpha value is -1.68. The van der Waals surface area contributed by atoms with Crippen LogP contribution in [0.5, 0.6) is 11.5 Å². The Morgan fingerprint density at radius 3 is 2.61 bits per heavy atom. The molecule has 0 saturated heterocycles. The molecule has 0 bridgehead atoms. The SMILES string of the molecule is C=CCNCc1cc(Cl)cc(OC)c1OCc1ccccc1.Cl. The Balaban J connectivity index is 0.00000264. The third kappa shape index (κ3) is 5.79. The van der Waals surface area contributed by atoms with Gasteiger partial charge in [-0.05, 0) is 11.6 Å². The second-order valence-electron chi connectivity index (χ2n) is 4.79. The van der Waals surface area contributed by atoms with Crippen LogP contribution < -0.4 is 14.8 Å². The Labute approximate surface area is 148 Å². The fraction of sp³-hybridized carbons (Fsp3) is 0.222. The standard InChI is InChI=1S/C18H20ClNO2.ClH/c1-3-9-20-12-15-10-16(19)11-17(21-2)18(15)22-13-14-7-5-4-6-8-14;/h3-8,10-11,20H,1,9,12-13H2,2H3;1H. The molecule has 0 aliphatic heterocycles. The zero-order valence-corrected chi connectivity index (χ0v) is 14.6. The van der Waals surface area contributed by atoms with Crippen molar-refractivity contribution in [1.82, 2.24) is 5.32 Å². The molecule has 0 aromatic heterocycles. The molecule has 0 amide bonds. The summed E-state index contributed by atoms with van der Waals surface area (Å²) in [4.78, 5) is 0. The zero-order valence-electron chi connectivity index (χ0n) is 13.0. The van der Waals surface area contributed by atoms with Crippen molar-refractivity contribution in [3.63, 3.8) is 0 Å². The van der Waals surface area contributed by atoms with Gasteiger partial charge in [-0.15, -0.1) is 19.0 Å². The molecule has 0 saturated carbocycles. The fourth-order valence-corrected chi connectivity index (χ4v) is 2.34. The highest BCUT2D eigenvalue weighted by atomic mass is 35.5. The second-order valence-corrected chi connectivity index (χ2v) is 5.23. The highest BCUT2D eigenvalue weighted by Gasteiger charge is 2.13. The van der Waals surface area contributed by atoms with Gasteiger partial charge >= 0.3 is 0 Å². The van der Waals surface area contributed by atoms with Crippen molar-refractivity contribution in [3.8, 4) is 11.5 Å². The summed E-state index contributed by atoms with van der Waals surface area (Å²) in [6, 6.07) is 13.7. The maximum Gasteiger partial charge on any atom is 0.166 e.